The lowest BCUT2D eigenvalue weighted by atomic mass is 9.84. The number of aromatic nitrogens is 2. The fraction of sp³-hybridized carbons (Fsp3) is 0.500. The van der Waals surface area contributed by atoms with Gasteiger partial charge in [-0.2, -0.15) is 0 Å². The molecular formula is C18H22N4O3. The zero-order chi connectivity index (χ0) is 17.4. The van der Waals surface area contributed by atoms with Gasteiger partial charge in [-0.1, -0.05) is 6.42 Å². The van der Waals surface area contributed by atoms with Gasteiger partial charge in [-0.05, 0) is 31.9 Å². The lowest BCUT2D eigenvalue weighted by Crippen LogP contribution is -2.45. The maximum Gasteiger partial charge on any atom is 0.271 e. The molecule has 0 unspecified atom stereocenters. The second-order valence-corrected chi connectivity index (χ2v) is 6.78. The largest absolute Gasteiger partial charge is 0.467 e. The van der Waals surface area contributed by atoms with Crippen molar-refractivity contribution in [2.45, 2.75) is 45.3 Å². The number of carbonyl (C=O) groups is 2. The van der Waals surface area contributed by atoms with Crippen molar-refractivity contribution >= 4 is 11.8 Å². The number of nitrogens with one attached hydrogen (secondary N) is 1. The van der Waals surface area contributed by atoms with Crippen molar-refractivity contribution in [3.63, 3.8) is 0 Å². The van der Waals surface area contributed by atoms with Gasteiger partial charge in [-0.15, -0.1) is 0 Å². The number of hydrogen-bond acceptors (Lipinski definition) is 4. The third-order valence-electron chi connectivity index (χ3n) is 5.20. The highest BCUT2D eigenvalue weighted by Gasteiger charge is 2.36. The number of amides is 2. The fourth-order valence-electron chi connectivity index (χ4n) is 3.46. The topological polar surface area (TPSA) is 80.4 Å². The van der Waals surface area contributed by atoms with Crippen LogP contribution in [0.3, 0.4) is 0 Å². The average Bonchev–Trinajstić information content (AvgIpc) is 3.21. The summed E-state index contributed by atoms with van der Waals surface area (Å²) in [4.78, 5) is 31.3. The van der Waals surface area contributed by atoms with Gasteiger partial charge in [0.25, 0.3) is 5.91 Å². The first kappa shape index (κ1) is 15.9. The molecule has 132 valence electrons. The Morgan fingerprint density at radius 3 is 2.88 bits per heavy atom. The molecule has 3 heterocycles. The van der Waals surface area contributed by atoms with Crippen LogP contribution in [-0.4, -0.2) is 32.8 Å². The molecule has 1 saturated carbocycles. The summed E-state index contributed by atoms with van der Waals surface area (Å²) in [7, 11) is 0. The van der Waals surface area contributed by atoms with E-state index in [0.717, 1.165) is 25.1 Å². The van der Waals surface area contributed by atoms with Crippen molar-refractivity contribution in [3.05, 3.63) is 41.9 Å². The molecule has 7 heteroatoms. The monoisotopic (exact) mass is 342 g/mol. The van der Waals surface area contributed by atoms with E-state index < -0.39 is 0 Å². The van der Waals surface area contributed by atoms with Crippen molar-refractivity contribution in [2.75, 3.05) is 6.54 Å². The van der Waals surface area contributed by atoms with Crippen LogP contribution in [-0.2, 0) is 17.9 Å². The minimum atomic E-state index is -0.234. The summed E-state index contributed by atoms with van der Waals surface area (Å²) < 4.78 is 7.20. The van der Waals surface area contributed by atoms with Crippen molar-refractivity contribution < 1.29 is 14.0 Å². The summed E-state index contributed by atoms with van der Waals surface area (Å²) in [6, 6.07) is 3.49. The molecule has 25 heavy (non-hydrogen) atoms. The SMILES string of the molecule is C[C@H]1c2nc(C(=O)NCc3ccco3)cn2CCN1C(=O)C1CCC1. The van der Waals surface area contributed by atoms with Crippen molar-refractivity contribution in [1.29, 1.82) is 0 Å². The number of fused-ring (bicyclic) bond motifs is 1. The van der Waals surface area contributed by atoms with Gasteiger partial charge in [0.2, 0.25) is 5.91 Å². The highest BCUT2D eigenvalue weighted by molar-refractivity contribution is 5.92. The van der Waals surface area contributed by atoms with Crippen LogP contribution in [0, 0.1) is 5.92 Å². The highest BCUT2D eigenvalue weighted by Crippen LogP contribution is 2.33. The van der Waals surface area contributed by atoms with E-state index >= 15 is 0 Å². The summed E-state index contributed by atoms with van der Waals surface area (Å²) >= 11 is 0. The Hall–Kier alpha value is -2.57. The first-order valence-electron chi connectivity index (χ1n) is 8.81. The second-order valence-electron chi connectivity index (χ2n) is 6.78. The Morgan fingerprint density at radius 2 is 2.20 bits per heavy atom. The number of nitrogens with zero attached hydrogens (tertiary/aromatic N) is 3. The molecule has 1 fully saturated rings. The minimum Gasteiger partial charge on any atom is -0.467 e. The molecule has 2 aromatic rings. The smallest absolute Gasteiger partial charge is 0.271 e. The van der Waals surface area contributed by atoms with Crippen molar-refractivity contribution in [2.24, 2.45) is 5.92 Å². The lowest BCUT2D eigenvalue weighted by molar-refractivity contribution is -0.141. The number of hydrogen-bond donors (Lipinski definition) is 1. The van der Waals surface area contributed by atoms with Crippen LogP contribution < -0.4 is 5.32 Å². The Morgan fingerprint density at radius 1 is 1.36 bits per heavy atom. The van der Waals surface area contributed by atoms with Gasteiger partial charge in [0.05, 0.1) is 18.8 Å². The normalized spacial score (nSPS) is 20.0. The van der Waals surface area contributed by atoms with Gasteiger partial charge >= 0.3 is 0 Å². The molecule has 1 atom stereocenters. The van der Waals surface area contributed by atoms with Crippen molar-refractivity contribution in [1.82, 2.24) is 19.8 Å². The molecular weight excluding hydrogens is 320 g/mol. The first-order chi connectivity index (χ1) is 12.1. The Kier molecular flexibility index (Phi) is 4.07. The molecule has 2 aromatic heterocycles. The van der Waals surface area contributed by atoms with Crippen LogP contribution in [0.2, 0.25) is 0 Å². The van der Waals surface area contributed by atoms with Crippen LogP contribution in [0.25, 0.3) is 0 Å². The number of imidazole rings is 1. The van der Waals surface area contributed by atoms with Crippen LogP contribution in [0.4, 0.5) is 0 Å². The van der Waals surface area contributed by atoms with Crippen LogP contribution >= 0.6 is 0 Å². The molecule has 0 bridgehead atoms. The molecule has 2 aliphatic rings. The van der Waals surface area contributed by atoms with Crippen molar-refractivity contribution in [3.8, 4) is 0 Å². The highest BCUT2D eigenvalue weighted by atomic mass is 16.3. The van der Waals surface area contributed by atoms with E-state index in [1.165, 1.54) is 0 Å². The fourth-order valence-corrected chi connectivity index (χ4v) is 3.46. The van der Waals surface area contributed by atoms with Gasteiger partial charge < -0.3 is 19.2 Å². The third-order valence-corrected chi connectivity index (χ3v) is 5.20. The van der Waals surface area contributed by atoms with Crippen LogP contribution in [0.1, 0.15) is 54.3 Å². The molecule has 0 saturated heterocycles. The van der Waals surface area contributed by atoms with E-state index in [9.17, 15) is 9.59 Å². The third kappa shape index (κ3) is 2.94. The van der Waals surface area contributed by atoms with E-state index in [1.807, 2.05) is 22.5 Å². The quantitative estimate of drug-likeness (QED) is 0.923. The van der Waals surface area contributed by atoms with Gasteiger partial charge in [-0.25, -0.2) is 4.98 Å². The van der Waals surface area contributed by atoms with E-state index in [-0.39, 0.29) is 23.8 Å². The summed E-state index contributed by atoms with van der Waals surface area (Å²) in [5.41, 5.74) is 0.381. The summed E-state index contributed by atoms with van der Waals surface area (Å²) in [5, 5.41) is 2.81. The molecule has 2 amide bonds. The van der Waals surface area contributed by atoms with Gasteiger partial charge in [-0.3, -0.25) is 9.59 Å². The standard InChI is InChI=1S/C18H22N4O3/c1-12-16-20-15(17(23)19-10-14-6-3-9-25-14)11-21(16)7-8-22(12)18(24)13-4-2-5-13/h3,6,9,11-13H,2,4-5,7-8,10H2,1H3,(H,19,23)/t12-/m0/s1. The van der Waals surface area contributed by atoms with E-state index in [1.54, 1.807) is 18.5 Å². The van der Waals surface area contributed by atoms with E-state index in [2.05, 4.69) is 10.3 Å². The number of furan rings is 1. The van der Waals surface area contributed by atoms with Crippen LogP contribution in [0.15, 0.2) is 29.0 Å². The summed E-state index contributed by atoms with van der Waals surface area (Å²) in [6.07, 6.45) is 6.49. The number of rotatable bonds is 4. The maximum atomic E-state index is 12.6. The van der Waals surface area contributed by atoms with Gasteiger partial charge in [0, 0.05) is 25.2 Å². The molecule has 4 rings (SSSR count). The maximum absolute atomic E-state index is 12.6. The predicted molar refractivity (Wildman–Crippen MR) is 89.6 cm³/mol. The Labute approximate surface area is 146 Å². The molecule has 1 N–H and O–H groups in total. The number of carbonyl (C=O) groups excluding carboxylic acids is 2. The Bertz CT molecular complexity index is 776. The Balaban J connectivity index is 1.45. The molecule has 1 aliphatic carbocycles. The van der Waals surface area contributed by atoms with Gasteiger partial charge in [0.15, 0.2) is 0 Å². The van der Waals surface area contributed by atoms with E-state index in [0.29, 0.717) is 31.1 Å². The molecule has 7 nitrogen and oxygen atoms in total. The lowest BCUT2D eigenvalue weighted by Gasteiger charge is -2.38. The zero-order valence-electron chi connectivity index (χ0n) is 14.3. The molecule has 0 radical (unpaired) electrons. The first-order valence-corrected chi connectivity index (χ1v) is 8.81. The summed E-state index contributed by atoms with van der Waals surface area (Å²) in [6.45, 7) is 3.67. The molecule has 1 aliphatic heterocycles. The average molecular weight is 342 g/mol. The second kappa shape index (κ2) is 6.38. The zero-order valence-corrected chi connectivity index (χ0v) is 14.3. The van der Waals surface area contributed by atoms with Crippen LogP contribution in [0.5, 0.6) is 0 Å². The predicted octanol–water partition coefficient (Wildman–Crippen LogP) is 2.11. The molecule has 0 spiro atoms. The van der Waals surface area contributed by atoms with E-state index in [4.69, 9.17) is 4.42 Å². The minimum absolute atomic E-state index is 0.103. The molecule has 0 aromatic carbocycles. The van der Waals surface area contributed by atoms with Gasteiger partial charge in [0.1, 0.15) is 17.3 Å². The summed E-state index contributed by atoms with van der Waals surface area (Å²) in [5.74, 6) is 1.66.